The molecule has 2 aromatic rings. The summed E-state index contributed by atoms with van der Waals surface area (Å²) in [6.45, 7) is 7.19. The molecule has 0 bridgehead atoms. The molecule has 9 nitrogen and oxygen atoms in total. The molecule has 4 rings (SSSR count). The fourth-order valence-electron chi connectivity index (χ4n) is 4.33. The molecule has 1 aromatic carbocycles. The lowest BCUT2D eigenvalue weighted by Gasteiger charge is -2.42. The number of aromatic nitrogens is 1. The Balaban J connectivity index is 1.90. The Bertz CT molecular complexity index is 1180. The molecule has 3 heterocycles. The molecular weight excluding hydrogens is 419 g/mol. The number of hydrogen-bond donors (Lipinski definition) is 2. The van der Waals surface area contributed by atoms with Gasteiger partial charge >= 0.3 is 5.97 Å². The van der Waals surface area contributed by atoms with Crippen LogP contribution >= 0.6 is 0 Å². The number of rotatable bonds is 5. The number of hydrogen-bond acceptors (Lipinski definition) is 7. The van der Waals surface area contributed by atoms with E-state index in [1.165, 1.54) is 6.20 Å². The maximum Gasteiger partial charge on any atom is 0.341 e. The van der Waals surface area contributed by atoms with Crippen LogP contribution in [-0.4, -0.2) is 60.2 Å². The summed E-state index contributed by atoms with van der Waals surface area (Å²) in [7, 11) is 1.85. The van der Waals surface area contributed by atoms with E-state index in [0.29, 0.717) is 31.6 Å². The molecule has 2 aliphatic heterocycles. The standard InChI is InChI=1S/C22H27FN4O5/c1-5-32-25-16-10-26(7-6-22(16,3)24-4)18-15(23)8-13-17-20(18)31-11-12(2)27(17)9-14(19(13)28)21(29)30/h8-9,12,24H,5-7,10-11H2,1-4H3,(H,29,30)/b25-16+/t12-,22?/m0/s1. The number of halogens is 1. The number of nitrogens with one attached hydrogen (secondary N) is 1. The largest absolute Gasteiger partial charge is 0.487 e. The van der Waals surface area contributed by atoms with E-state index in [-0.39, 0.29) is 29.5 Å². The number of ether oxygens (including phenoxy) is 1. The Morgan fingerprint density at radius 3 is 2.91 bits per heavy atom. The van der Waals surface area contributed by atoms with Gasteiger partial charge in [-0.2, -0.15) is 0 Å². The smallest absolute Gasteiger partial charge is 0.341 e. The second-order valence-corrected chi connectivity index (χ2v) is 8.39. The van der Waals surface area contributed by atoms with Gasteiger partial charge < -0.3 is 29.5 Å². The minimum atomic E-state index is -1.34. The Morgan fingerprint density at radius 1 is 1.50 bits per heavy atom. The van der Waals surface area contributed by atoms with Gasteiger partial charge in [-0.25, -0.2) is 9.18 Å². The molecule has 2 N–H and O–H groups in total. The maximum atomic E-state index is 15.5. The SMILES string of the molecule is CCO/N=C1\CN(c2c(F)cc3c(=O)c(C(=O)O)cn4c3c2OC[C@@H]4C)CCC1(C)NC. The Kier molecular flexibility index (Phi) is 5.58. The van der Waals surface area contributed by atoms with Crippen LogP contribution in [0.5, 0.6) is 5.75 Å². The Labute approximate surface area is 184 Å². The van der Waals surface area contributed by atoms with Gasteiger partial charge in [0, 0.05) is 12.7 Å². The quantitative estimate of drug-likeness (QED) is 0.680. The average Bonchev–Trinajstić information content (AvgIpc) is 2.76. The third-order valence-corrected chi connectivity index (χ3v) is 6.40. The molecule has 0 spiro atoms. The van der Waals surface area contributed by atoms with Crippen LogP contribution in [0.4, 0.5) is 10.1 Å². The normalized spacial score (nSPS) is 24.0. The summed E-state index contributed by atoms with van der Waals surface area (Å²) in [5.41, 5.74) is -0.151. The van der Waals surface area contributed by atoms with E-state index >= 15 is 4.39 Å². The van der Waals surface area contributed by atoms with Crippen molar-refractivity contribution in [2.24, 2.45) is 5.16 Å². The number of carboxylic acids is 1. The van der Waals surface area contributed by atoms with E-state index in [9.17, 15) is 14.7 Å². The molecule has 0 amide bonds. The molecule has 2 aliphatic rings. The van der Waals surface area contributed by atoms with E-state index in [1.54, 1.807) is 4.57 Å². The number of nitrogens with zero attached hydrogens (tertiary/aromatic N) is 3. The second kappa shape index (κ2) is 8.09. The van der Waals surface area contributed by atoms with Crippen molar-refractivity contribution in [3.63, 3.8) is 0 Å². The number of carbonyl (C=O) groups is 1. The number of piperidine rings is 1. The van der Waals surface area contributed by atoms with Crippen LogP contribution in [0.15, 0.2) is 22.2 Å². The topological polar surface area (TPSA) is 105 Å². The zero-order valence-corrected chi connectivity index (χ0v) is 18.6. The van der Waals surface area contributed by atoms with Crippen molar-refractivity contribution >= 4 is 28.3 Å². The summed E-state index contributed by atoms with van der Waals surface area (Å²) in [6, 6.07) is 0.900. The molecular formula is C22H27FN4O5. The van der Waals surface area contributed by atoms with E-state index in [0.717, 1.165) is 11.8 Å². The van der Waals surface area contributed by atoms with Gasteiger partial charge in [0.15, 0.2) is 11.6 Å². The van der Waals surface area contributed by atoms with Gasteiger partial charge in [-0.1, -0.05) is 5.16 Å². The summed E-state index contributed by atoms with van der Waals surface area (Å²) >= 11 is 0. The van der Waals surface area contributed by atoms with Crippen LogP contribution in [0.25, 0.3) is 10.9 Å². The average molecular weight is 446 g/mol. The molecule has 1 aromatic heterocycles. The van der Waals surface area contributed by atoms with Crippen LogP contribution in [0, 0.1) is 5.82 Å². The van der Waals surface area contributed by atoms with Crippen LogP contribution in [0.1, 0.15) is 43.6 Å². The van der Waals surface area contributed by atoms with Crippen LogP contribution < -0.4 is 20.4 Å². The van der Waals surface area contributed by atoms with Crippen molar-refractivity contribution in [1.29, 1.82) is 0 Å². The minimum Gasteiger partial charge on any atom is -0.487 e. The molecule has 0 saturated carbocycles. The van der Waals surface area contributed by atoms with Crippen LogP contribution in [-0.2, 0) is 4.84 Å². The van der Waals surface area contributed by atoms with Crippen molar-refractivity contribution in [2.75, 3.05) is 38.3 Å². The molecule has 1 fully saturated rings. The van der Waals surface area contributed by atoms with Gasteiger partial charge in [-0.05, 0) is 40.3 Å². The lowest BCUT2D eigenvalue weighted by atomic mass is 9.87. The molecule has 32 heavy (non-hydrogen) atoms. The Morgan fingerprint density at radius 2 is 2.25 bits per heavy atom. The van der Waals surface area contributed by atoms with Gasteiger partial charge in [-0.15, -0.1) is 0 Å². The van der Waals surface area contributed by atoms with Crippen molar-refractivity contribution in [3.05, 3.63) is 33.9 Å². The van der Waals surface area contributed by atoms with Crippen LogP contribution in [0.2, 0.25) is 0 Å². The summed E-state index contributed by atoms with van der Waals surface area (Å²) < 4.78 is 23.1. The van der Waals surface area contributed by atoms with E-state index < -0.39 is 28.3 Å². The Hall–Kier alpha value is -3.14. The zero-order valence-electron chi connectivity index (χ0n) is 18.6. The number of pyridine rings is 1. The maximum absolute atomic E-state index is 15.5. The summed E-state index contributed by atoms with van der Waals surface area (Å²) in [6.07, 6.45) is 1.97. The van der Waals surface area contributed by atoms with Gasteiger partial charge in [0.25, 0.3) is 0 Å². The number of oxime groups is 1. The van der Waals surface area contributed by atoms with Gasteiger partial charge in [0.05, 0.1) is 34.7 Å². The fraction of sp³-hybridized carbons (Fsp3) is 0.500. The zero-order chi connectivity index (χ0) is 23.2. The highest BCUT2D eigenvalue weighted by Gasteiger charge is 2.38. The second-order valence-electron chi connectivity index (χ2n) is 8.39. The molecule has 2 atom stereocenters. The summed E-state index contributed by atoms with van der Waals surface area (Å²) in [5, 5.41) is 17.0. The highest BCUT2D eigenvalue weighted by molar-refractivity contribution is 6.00. The van der Waals surface area contributed by atoms with E-state index in [4.69, 9.17) is 9.57 Å². The van der Waals surface area contributed by atoms with Crippen molar-refractivity contribution in [3.8, 4) is 5.75 Å². The van der Waals surface area contributed by atoms with Crippen molar-refractivity contribution < 1.29 is 23.9 Å². The number of carboxylic acid groups (broad SMARTS) is 1. The minimum absolute atomic E-state index is 0.00650. The first-order valence-corrected chi connectivity index (χ1v) is 10.6. The van der Waals surface area contributed by atoms with Crippen LogP contribution in [0.3, 0.4) is 0 Å². The van der Waals surface area contributed by atoms with Gasteiger partial charge in [0.1, 0.15) is 24.5 Å². The van der Waals surface area contributed by atoms with Gasteiger partial charge in [0.2, 0.25) is 5.43 Å². The molecule has 10 heteroatoms. The molecule has 172 valence electrons. The molecule has 1 unspecified atom stereocenters. The molecule has 0 aliphatic carbocycles. The van der Waals surface area contributed by atoms with E-state index in [2.05, 4.69) is 10.5 Å². The molecule has 0 radical (unpaired) electrons. The first-order valence-electron chi connectivity index (χ1n) is 10.6. The predicted octanol–water partition coefficient (Wildman–Crippen LogP) is 2.37. The lowest BCUT2D eigenvalue weighted by molar-refractivity contribution is 0.0694. The van der Waals surface area contributed by atoms with Crippen molar-refractivity contribution in [2.45, 2.75) is 38.8 Å². The van der Waals surface area contributed by atoms with Crippen molar-refractivity contribution in [1.82, 2.24) is 9.88 Å². The monoisotopic (exact) mass is 446 g/mol. The van der Waals surface area contributed by atoms with Gasteiger partial charge in [-0.3, -0.25) is 4.79 Å². The number of anilines is 1. The van der Waals surface area contributed by atoms with E-state index in [1.807, 2.05) is 32.7 Å². The number of benzene rings is 1. The highest BCUT2D eigenvalue weighted by Crippen LogP contribution is 2.43. The first-order chi connectivity index (χ1) is 15.2. The summed E-state index contributed by atoms with van der Waals surface area (Å²) in [5.74, 6) is -1.74. The fourth-order valence-corrected chi connectivity index (χ4v) is 4.33. The number of aromatic carboxylic acids is 1. The first kappa shape index (κ1) is 22.1. The third-order valence-electron chi connectivity index (χ3n) is 6.40. The lowest BCUT2D eigenvalue weighted by Crippen LogP contribution is -2.58. The predicted molar refractivity (Wildman–Crippen MR) is 119 cm³/mol. The summed E-state index contributed by atoms with van der Waals surface area (Å²) in [4.78, 5) is 31.5. The molecule has 1 saturated heterocycles. The third kappa shape index (κ3) is 3.38. The highest BCUT2D eigenvalue weighted by atomic mass is 19.1.